The number of nitrogens with one attached hydrogen (secondary N) is 3. The molecule has 4 heterocycles. The topological polar surface area (TPSA) is 112 Å². The fourth-order valence-electron chi connectivity index (χ4n) is 2.82. The van der Waals surface area contributed by atoms with Crippen molar-refractivity contribution in [2.45, 2.75) is 6.54 Å². The zero-order chi connectivity index (χ0) is 18.5. The van der Waals surface area contributed by atoms with Gasteiger partial charge in [-0.1, -0.05) is 6.07 Å². The Labute approximate surface area is 155 Å². The van der Waals surface area contributed by atoms with E-state index in [9.17, 15) is 0 Å². The molecule has 0 aliphatic carbocycles. The third-order valence-corrected chi connectivity index (χ3v) is 4.09. The van der Waals surface area contributed by atoms with E-state index in [-0.39, 0.29) is 6.61 Å². The van der Waals surface area contributed by atoms with E-state index in [0.717, 1.165) is 33.7 Å². The Morgan fingerprint density at radius 3 is 2.89 bits per heavy atom. The molecular weight excluding hydrogens is 342 g/mol. The second-order valence-corrected chi connectivity index (χ2v) is 5.95. The van der Waals surface area contributed by atoms with Crippen LogP contribution in [0.3, 0.4) is 0 Å². The molecule has 0 saturated carbocycles. The van der Waals surface area contributed by atoms with Crippen molar-refractivity contribution in [1.82, 2.24) is 24.9 Å². The molecule has 4 aromatic rings. The second-order valence-electron chi connectivity index (χ2n) is 5.95. The van der Waals surface area contributed by atoms with E-state index in [4.69, 9.17) is 5.11 Å². The molecule has 27 heavy (non-hydrogen) atoms. The van der Waals surface area contributed by atoms with Crippen molar-refractivity contribution < 1.29 is 5.11 Å². The monoisotopic (exact) mass is 361 g/mol. The zero-order valence-corrected chi connectivity index (χ0v) is 14.6. The van der Waals surface area contributed by atoms with Gasteiger partial charge in [0.15, 0.2) is 0 Å². The highest BCUT2D eigenvalue weighted by Crippen LogP contribution is 2.29. The molecule has 8 heteroatoms. The molecule has 0 atom stereocenters. The lowest BCUT2D eigenvalue weighted by atomic mass is 10.1. The van der Waals surface area contributed by atoms with Crippen molar-refractivity contribution >= 4 is 22.7 Å². The molecule has 0 radical (unpaired) electrons. The summed E-state index contributed by atoms with van der Waals surface area (Å²) in [5.74, 6) is 1.41. The van der Waals surface area contributed by atoms with Gasteiger partial charge in [0, 0.05) is 48.7 Å². The predicted molar refractivity (Wildman–Crippen MR) is 104 cm³/mol. The van der Waals surface area contributed by atoms with Gasteiger partial charge >= 0.3 is 0 Å². The van der Waals surface area contributed by atoms with Crippen molar-refractivity contribution in [1.29, 1.82) is 0 Å². The van der Waals surface area contributed by atoms with E-state index in [2.05, 4.69) is 35.6 Å². The van der Waals surface area contributed by atoms with Crippen LogP contribution in [-0.2, 0) is 6.54 Å². The van der Waals surface area contributed by atoms with E-state index < -0.39 is 0 Å². The summed E-state index contributed by atoms with van der Waals surface area (Å²) in [6.07, 6.45) is 6.95. The van der Waals surface area contributed by atoms with Crippen LogP contribution in [0.1, 0.15) is 5.56 Å². The first-order chi connectivity index (χ1) is 13.3. The maximum atomic E-state index is 8.99. The molecule has 0 saturated heterocycles. The number of anilines is 2. The average Bonchev–Trinajstić information content (AvgIpc) is 3.20. The number of hydrogen-bond acceptors (Lipinski definition) is 7. The second kappa shape index (κ2) is 7.79. The number of H-pyrrole nitrogens is 1. The maximum absolute atomic E-state index is 8.99. The van der Waals surface area contributed by atoms with Crippen LogP contribution in [0, 0.1) is 0 Å². The molecular formula is C19H19N7O. The number of hydrogen-bond donors (Lipinski definition) is 4. The molecule has 4 rings (SSSR count). The lowest BCUT2D eigenvalue weighted by molar-refractivity contribution is 0.311. The highest BCUT2D eigenvalue weighted by Gasteiger charge is 2.11. The van der Waals surface area contributed by atoms with Crippen LogP contribution in [0.2, 0.25) is 0 Å². The van der Waals surface area contributed by atoms with E-state index in [0.29, 0.717) is 18.9 Å². The third kappa shape index (κ3) is 3.85. The summed E-state index contributed by atoms with van der Waals surface area (Å²) in [7, 11) is 0. The average molecular weight is 361 g/mol. The summed E-state index contributed by atoms with van der Waals surface area (Å²) >= 11 is 0. The number of aromatic amines is 1. The standard InChI is InChI=1S/C19H19N7O/c27-7-6-21-17-9-16(24-12-25-17)15-8-18(26-19-14(15)3-5-22-19)23-11-13-2-1-4-20-10-13/h1-5,8-10,12,27H,6-7,11H2,(H,21,24,25)(H2,22,23,26). The summed E-state index contributed by atoms with van der Waals surface area (Å²) in [4.78, 5) is 20.5. The minimum atomic E-state index is 0.0407. The Hall–Kier alpha value is -3.52. The quantitative estimate of drug-likeness (QED) is 0.400. The first-order valence-electron chi connectivity index (χ1n) is 8.61. The lowest BCUT2D eigenvalue weighted by Crippen LogP contribution is -2.07. The molecule has 4 N–H and O–H groups in total. The number of nitrogens with zero attached hydrogens (tertiary/aromatic N) is 4. The van der Waals surface area contributed by atoms with Gasteiger partial charge in [-0.15, -0.1) is 0 Å². The third-order valence-electron chi connectivity index (χ3n) is 4.09. The van der Waals surface area contributed by atoms with Crippen LogP contribution in [0.15, 0.2) is 55.2 Å². The Morgan fingerprint density at radius 2 is 2.04 bits per heavy atom. The van der Waals surface area contributed by atoms with Gasteiger partial charge < -0.3 is 20.7 Å². The molecule has 0 aliphatic heterocycles. The van der Waals surface area contributed by atoms with E-state index in [1.54, 1.807) is 6.20 Å². The van der Waals surface area contributed by atoms with E-state index >= 15 is 0 Å². The molecule has 0 bridgehead atoms. The highest BCUT2D eigenvalue weighted by atomic mass is 16.3. The Kier molecular flexibility index (Phi) is 4.88. The molecule has 0 unspecified atom stereocenters. The van der Waals surface area contributed by atoms with Crippen LogP contribution in [0.5, 0.6) is 0 Å². The summed E-state index contributed by atoms with van der Waals surface area (Å²) in [5, 5.41) is 16.4. The maximum Gasteiger partial charge on any atom is 0.140 e. The summed E-state index contributed by atoms with van der Waals surface area (Å²) < 4.78 is 0. The van der Waals surface area contributed by atoms with Gasteiger partial charge in [0.25, 0.3) is 0 Å². The molecule has 0 amide bonds. The Morgan fingerprint density at radius 1 is 1.07 bits per heavy atom. The van der Waals surface area contributed by atoms with Crippen LogP contribution in [0.4, 0.5) is 11.6 Å². The molecule has 4 aromatic heterocycles. The number of fused-ring (bicyclic) bond motifs is 1. The number of aliphatic hydroxyl groups excluding tert-OH is 1. The molecule has 0 aliphatic rings. The first kappa shape index (κ1) is 16.9. The van der Waals surface area contributed by atoms with Gasteiger partial charge in [-0.25, -0.2) is 15.0 Å². The van der Waals surface area contributed by atoms with Crippen LogP contribution >= 0.6 is 0 Å². The van der Waals surface area contributed by atoms with Gasteiger partial charge in [-0.05, 0) is 23.8 Å². The predicted octanol–water partition coefficient (Wildman–Crippen LogP) is 2.43. The van der Waals surface area contributed by atoms with E-state index in [1.165, 1.54) is 6.33 Å². The van der Waals surface area contributed by atoms with Crippen molar-refractivity contribution in [2.24, 2.45) is 0 Å². The minimum Gasteiger partial charge on any atom is -0.395 e. The fraction of sp³-hybridized carbons (Fsp3) is 0.158. The van der Waals surface area contributed by atoms with Gasteiger partial charge in [0.1, 0.15) is 23.6 Å². The number of rotatable bonds is 7. The summed E-state index contributed by atoms with van der Waals surface area (Å²) in [6, 6.07) is 9.74. The van der Waals surface area contributed by atoms with Crippen LogP contribution in [-0.4, -0.2) is 43.2 Å². The lowest BCUT2D eigenvalue weighted by Gasteiger charge is -2.10. The Balaban J connectivity index is 1.66. The smallest absolute Gasteiger partial charge is 0.140 e. The Bertz CT molecular complexity index is 1030. The summed E-state index contributed by atoms with van der Waals surface area (Å²) in [6.45, 7) is 1.10. The SMILES string of the molecule is OCCNc1cc(-c2cc(NCc3cccnc3)nc3[nH]ccc23)ncn1. The van der Waals surface area contributed by atoms with Crippen LogP contribution in [0.25, 0.3) is 22.3 Å². The molecule has 0 aromatic carbocycles. The van der Waals surface area contributed by atoms with Crippen molar-refractivity contribution in [3.05, 3.63) is 60.8 Å². The zero-order valence-electron chi connectivity index (χ0n) is 14.6. The number of aromatic nitrogens is 5. The normalized spacial score (nSPS) is 10.9. The van der Waals surface area contributed by atoms with Crippen molar-refractivity contribution in [3.8, 4) is 11.3 Å². The van der Waals surface area contributed by atoms with Gasteiger partial charge in [-0.3, -0.25) is 4.98 Å². The van der Waals surface area contributed by atoms with Crippen LogP contribution < -0.4 is 10.6 Å². The summed E-state index contributed by atoms with van der Waals surface area (Å²) in [5.41, 5.74) is 3.58. The molecule has 0 spiro atoms. The van der Waals surface area contributed by atoms with Crippen molar-refractivity contribution in [3.63, 3.8) is 0 Å². The first-order valence-corrected chi connectivity index (χ1v) is 8.61. The van der Waals surface area contributed by atoms with Crippen molar-refractivity contribution in [2.75, 3.05) is 23.8 Å². The highest BCUT2D eigenvalue weighted by molar-refractivity contribution is 5.94. The fourth-order valence-corrected chi connectivity index (χ4v) is 2.82. The molecule has 8 nitrogen and oxygen atoms in total. The molecule has 0 fully saturated rings. The van der Waals surface area contributed by atoms with Gasteiger partial charge in [0.2, 0.25) is 0 Å². The number of aliphatic hydroxyl groups is 1. The van der Waals surface area contributed by atoms with Gasteiger partial charge in [0.05, 0.1) is 12.3 Å². The van der Waals surface area contributed by atoms with E-state index in [1.807, 2.05) is 42.7 Å². The van der Waals surface area contributed by atoms with Gasteiger partial charge in [-0.2, -0.15) is 0 Å². The minimum absolute atomic E-state index is 0.0407. The molecule has 136 valence electrons. The largest absolute Gasteiger partial charge is 0.395 e. The number of pyridine rings is 2.